The predicted octanol–water partition coefficient (Wildman–Crippen LogP) is 4.59. The molecule has 0 saturated heterocycles. The molecule has 37 heavy (non-hydrogen) atoms. The Bertz CT molecular complexity index is 762. The van der Waals surface area contributed by atoms with Crippen molar-refractivity contribution in [1.82, 2.24) is 20.5 Å². The fourth-order valence-electron chi connectivity index (χ4n) is 4.12. The van der Waals surface area contributed by atoms with Gasteiger partial charge < -0.3 is 20.7 Å². The zero-order chi connectivity index (χ0) is 28.1. The van der Waals surface area contributed by atoms with E-state index in [0.29, 0.717) is 19.1 Å². The standard InChI is InChI=1S/C27H45N5O.C2H6.CH4O/c1-6-8-9-12-24-20-32(21-27(33)28-19-25(11-7-2)31(4)5)18-10-13-26(30-29-24)23-16-14-22(3)15-17-23;2*1-2/h10,13-17,24-25,29H,6-9,11-12,18-21H2,1-5H3,(H,28,33);1-2H3;2H,1H3/b13-10+,30-26+;;. The Kier molecular flexibility index (Phi) is 20.5. The van der Waals surface area contributed by atoms with Gasteiger partial charge in [-0.3, -0.25) is 9.69 Å². The minimum absolute atomic E-state index is 0.0950. The Hall–Kier alpha value is -2.22. The van der Waals surface area contributed by atoms with Crippen molar-refractivity contribution < 1.29 is 9.90 Å². The largest absolute Gasteiger partial charge is 0.400 e. The van der Waals surface area contributed by atoms with Gasteiger partial charge in [0, 0.05) is 38.3 Å². The number of unbranched alkanes of at least 4 members (excludes halogenated alkanes) is 2. The van der Waals surface area contributed by atoms with Crippen molar-refractivity contribution >= 4 is 11.6 Å². The van der Waals surface area contributed by atoms with E-state index in [-0.39, 0.29) is 11.9 Å². The zero-order valence-electron chi connectivity index (χ0n) is 24.9. The van der Waals surface area contributed by atoms with Crippen LogP contribution in [0.15, 0.2) is 41.5 Å². The second-order valence-corrected chi connectivity index (χ2v) is 9.49. The van der Waals surface area contributed by atoms with Gasteiger partial charge in [-0.2, -0.15) is 5.10 Å². The number of carbonyl (C=O) groups excluding carboxylic acids is 1. The molecule has 2 atom stereocenters. The zero-order valence-corrected chi connectivity index (χ0v) is 24.9. The Morgan fingerprint density at radius 3 is 2.43 bits per heavy atom. The number of nitrogens with one attached hydrogen (secondary N) is 2. The molecule has 0 bridgehead atoms. The predicted molar refractivity (Wildman–Crippen MR) is 159 cm³/mol. The van der Waals surface area contributed by atoms with E-state index < -0.39 is 0 Å². The summed E-state index contributed by atoms with van der Waals surface area (Å²) in [5.41, 5.74) is 6.71. The minimum Gasteiger partial charge on any atom is -0.400 e. The van der Waals surface area contributed by atoms with Crippen molar-refractivity contribution in [2.75, 3.05) is 47.4 Å². The van der Waals surface area contributed by atoms with Crippen LogP contribution in [0.25, 0.3) is 0 Å². The number of likely N-dealkylation sites (N-methyl/N-ethyl adjacent to an activating group) is 1. The molecule has 0 radical (unpaired) electrons. The third-order valence-electron chi connectivity index (χ3n) is 6.24. The second-order valence-electron chi connectivity index (χ2n) is 9.49. The average Bonchev–Trinajstić information content (AvgIpc) is 3.00. The number of benzene rings is 1. The summed E-state index contributed by atoms with van der Waals surface area (Å²) in [6, 6.07) is 9.07. The number of allylic oxidation sites excluding steroid dienone is 1. The van der Waals surface area contributed by atoms with Gasteiger partial charge in [-0.15, -0.1) is 0 Å². The van der Waals surface area contributed by atoms with Crippen molar-refractivity contribution in [2.24, 2.45) is 5.10 Å². The maximum absolute atomic E-state index is 12.8. The van der Waals surface area contributed by atoms with Crippen LogP contribution in [0.2, 0.25) is 0 Å². The third kappa shape index (κ3) is 14.9. The van der Waals surface area contributed by atoms with Crippen molar-refractivity contribution in [3.05, 3.63) is 47.5 Å². The van der Waals surface area contributed by atoms with Crippen LogP contribution in [0.1, 0.15) is 77.3 Å². The molecular weight excluding hydrogens is 462 g/mol. The normalized spacial score (nSPS) is 18.8. The molecule has 1 aromatic rings. The lowest BCUT2D eigenvalue weighted by atomic mass is 10.1. The highest BCUT2D eigenvalue weighted by Gasteiger charge is 2.18. The van der Waals surface area contributed by atoms with E-state index in [0.717, 1.165) is 50.7 Å². The van der Waals surface area contributed by atoms with Gasteiger partial charge in [-0.05, 0) is 39.9 Å². The quantitative estimate of drug-likeness (QED) is 0.353. The maximum atomic E-state index is 12.8. The molecular formula is C30H55N5O2. The maximum Gasteiger partial charge on any atom is 0.234 e. The Balaban J connectivity index is 0.00000308. The molecule has 1 heterocycles. The van der Waals surface area contributed by atoms with E-state index in [1.807, 2.05) is 13.8 Å². The van der Waals surface area contributed by atoms with Crippen LogP contribution < -0.4 is 10.7 Å². The van der Waals surface area contributed by atoms with Gasteiger partial charge in [-0.1, -0.05) is 89.3 Å². The van der Waals surface area contributed by atoms with Gasteiger partial charge >= 0.3 is 0 Å². The molecule has 0 saturated carbocycles. The highest BCUT2D eigenvalue weighted by atomic mass is 16.2. The van der Waals surface area contributed by atoms with E-state index in [2.05, 4.69) is 91.8 Å². The van der Waals surface area contributed by atoms with E-state index in [1.165, 1.54) is 24.8 Å². The van der Waals surface area contributed by atoms with Crippen LogP contribution in [0.5, 0.6) is 0 Å². The summed E-state index contributed by atoms with van der Waals surface area (Å²) in [5, 5.41) is 14.9. The molecule has 1 aromatic carbocycles. The Labute approximate surface area is 227 Å². The van der Waals surface area contributed by atoms with E-state index >= 15 is 0 Å². The summed E-state index contributed by atoms with van der Waals surface area (Å²) < 4.78 is 0. The number of hydrogen-bond donors (Lipinski definition) is 3. The summed E-state index contributed by atoms with van der Waals surface area (Å²) in [6.07, 6.45) is 11.0. The number of amides is 1. The fraction of sp³-hybridized carbons (Fsp3) is 0.667. The van der Waals surface area contributed by atoms with E-state index in [1.54, 1.807) is 0 Å². The van der Waals surface area contributed by atoms with E-state index in [9.17, 15) is 4.79 Å². The number of hydrogen-bond acceptors (Lipinski definition) is 6. The first-order valence-electron chi connectivity index (χ1n) is 14.1. The van der Waals surface area contributed by atoms with Crippen molar-refractivity contribution in [2.45, 2.75) is 85.2 Å². The molecule has 7 nitrogen and oxygen atoms in total. The number of aliphatic hydroxyl groups excluding tert-OH is 1. The summed E-state index contributed by atoms with van der Waals surface area (Å²) in [4.78, 5) is 17.2. The monoisotopic (exact) mass is 517 g/mol. The van der Waals surface area contributed by atoms with Gasteiger partial charge in [0.1, 0.15) is 0 Å². The van der Waals surface area contributed by atoms with Crippen LogP contribution in [0, 0.1) is 6.92 Å². The van der Waals surface area contributed by atoms with Crippen LogP contribution in [0.4, 0.5) is 0 Å². The van der Waals surface area contributed by atoms with Crippen molar-refractivity contribution in [1.29, 1.82) is 0 Å². The Morgan fingerprint density at radius 2 is 1.84 bits per heavy atom. The van der Waals surface area contributed by atoms with Gasteiger partial charge in [0.2, 0.25) is 5.91 Å². The number of aryl methyl sites for hydroxylation is 1. The molecule has 0 fully saturated rings. The third-order valence-corrected chi connectivity index (χ3v) is 6.24. The lowest BCUT2D eigenvalue weighted by molar-refractivity contribution is -0.122. The topological polar surface area (TPSA) is 80.2 Å². The lowest BCUT2D eigenvalue weighted by Crippen LogP contribution is -2.46. The SMILES string of the molecule is CC.CCCCCC1CN(CC(=O)NCC(CCC)N(C)C)C/C=C/C(c2ccc(C)cc2)=N\N1.CO. The number of carbonyl (C=O) groups is 1. The summed E-state index contributed by atoms with van der Waals surface area (Å²) in [6.45, 7) is 13.1. The van der Waals surface area contributed by atoms with Gasteiger partial charge in [-0.25, -0.2) is 0 Å². The van der Waals surface area contributed by atoms with Gasteiger partial charge in [0.05, 0.1) is 18.3 Å². The van der Waals surface area contributed by atoms with Gasteiger partial charge in [0.15, 0.2) is 0 Å². The first-order valence-corrected chi connectivity index (χ1v) is 14.1. The number of hydrazone groups is 1. The molecule has 1 amide bonds. The number of aliphatic hydroxyl groups is 1. The van der Waals surface area contributed by atoms with Crippen LogP contribution in [0.3, 0.4) is 0 Å². The second kappa shape index (κ2) is 21.8. The van der Waals surface area contributed by atoms with Crippen LogP contribution in [-0.2, 0) is 4.79 Å². The molecule has 2 unspecified atom stereocenters. The van der Waals surface area contributed by atoms with Crippen LogP contribution >= 0.6 is 0 Å². The highest BCUT2D eigenvalue weighted by molar-refractivity contribution is 6.08. The summed E-state index contributed by atoms with van der Waals surface area (Å²) >= 11 is 0. The number of nitrogens with zero attached hydrogens (tertiary/aromatic N) is 3. The van der Waals surface area contributed by atoms with Crippen LogP contribution in [-0.4, -0.2) is 86.0 Å². The Morgan fingerprint density at radius 1 is 1.16 bits per heavy atom. The fourth-order valence-corrected chi connectivity index (χ4v) is 4.12. The summed E-state index contributed by atoms with van der Waals surface area (Å²) in [5.74, 6) is 0.0950. The summed E-state index contributed by atoms with van der Waals surface area (Å²) in [7, 11) is 5.16. The smallest absolute Gasteiger partial charge is 0.234 e. The average molecular weight is 518 g/mol. The number of rotatable bonds is 12. The molecule has 3 N–H and O–H groups in total. The molecule has 2 rings (SSSR count). The van der Waals surface area contributed by atoms with Gasteiger partial charge in [0.25, 0.3) is 0 Å². The lowest BCUT2D eigenvalue weighted by Gasteiger charge is -2.27. The molecule has 1 aliphatic heterocycles. The first kappa shape index (κ1) is 34.8. The highest BCUT2D eigenvalue weighted by Crippen LogP contribution is 2.11. The first-order chi connectivity index (χ1) is 17.9. The van der Waals surface area contributed by atoms with Crippen molar-refractivity contribution in [3.8, 4) is 0 Å². The molecule has 0 spiro atoms. The van der Waals surface area contributed by atoms with Crippen molar-refractivity contribution in [3.63, 3.8) is 0 Å². The molecule has 1 aliphatic rings. The molecule has 7 heteroatoms. The molecule has 0 aromatic heterocycles. The minimum atomic E-state index is 0.0950. The van der Waals surface area contributed by atoms with E-state index in [4.69, 9.17) is 10.2 Å². The molecule has 212 valence electrons. The molecule has 0 aliphatic carbocycles.